The van der Waals surface area contributed by atoms with Crippen molar-refractivity contribution in [2.75, 3.05) is 6.54 Å². The van der Waals surface area contributed by atoms with Crippen molar-refractivity contribution in [2.45, 2.75) is 24.6 Å². The number of carboxylic acids is 1. The summed E-state index contributed by atoms with van der Waals surface area (Å²) in [6.07, 6.45) is 0. The largest absolute Gasteiger partial charge is 0.480 e. The lowest BCUT2D eigenvalue weighted by atomic mass is 9.85. The van der Waals surface area contributed by atoms with E-state index in [0.29, 0.717) is 5.56 Å². The maximum absolute atomic E-state index is 12.6. The van der Waals surface area contributed by atoms with Crippen LogP contribution in [0.5, 0.6) is 0 Å². The molecule has 1 aliphatic heterocycles. The second-order valence-electron chi connectivity index (χ2n) is 6.11. The number of carbonyl (C=O) groups is 1. The molecule has 0 amide bonds. The van der Waals surface area contributed by atoms with Gasteiger partial charge in [0.2, 0.25) is 10.0 Å². The Morgan fingerprint density at radius 1 is 1.12 bits per heavy atom. The molecular weight excluding hydrogens is 326 g/mol. The van der Waals surface area contributed by atoms with Gasteiger partial charge in [0.15, 0.2) is 0 Å². The van der Waals surface area contributed by atoms with Crippen LogP contribution in [-0.2, 0) is 20.6 Å². The van der Waals surface area contributed by atoms with E-state index >= 15 is 0 Å². The number of sulfonamides is 1. The fraction of sp³-hybridized carbons (Fsp3) is 0.278. The molecule has 5 nitrogen and oxygen atoms in total. The molecule has 0 aromatic heterocycles. The van der Waals surface area contributed by atoms with E-state index in [9.17, 15) is 18.3 Å². The number of aliphatic carboxylic acids is 1. The standard InChI is InChI=1S/C18H19NO4S/c1-13-7-9-14(10-8-13)12-24(22,23)19-11-16(17(19)18(20)21)15-5-3-2-4-6-15/h2-10,16-17H,11-12H2,1H3,(H,20,21)/t16-,17+/m1/s1. The molecular formula is C18H19NO4S. The van der Waals surface area contributed by atoms with Gasteiger partial charge in [-0.15, -0.1) is 0 Å². The van der Waals surface area contributed by atoms with E-state index < -0.39 is 22.0 Å². The predicted molar refractivity (Wildman–Crippen MR) is 91.1 cm³/mol. The van der Waals surface area contributed by atoms with Gasteiger partial charge >= 0.3 is 5.97 Å². The minimum atomic E-state index is -3.67. The fourth-order valence-corrected chi connectivity index (χ4v) is 4.77. The number of benzene rings is 2. The van der Waals surface area contributed by atoms with E-state index in [1.54, 1.807) is 12.1 Å². The lowest BCUT2D eigenvalue weighted by molar-refractivity contribution is -0.146. The van der Waals surface area contributed by atoms with Crippen molar-refractivity contribution in [3.8, 4) is 0 Å². The van der Waals surface area contributed by atoms with E-state index in [-0.39, 0.29) is 18.2 Å². The molecule has 2 aromatic rings. The lowest BCUT2D eigenvalue weighted by Gasteiger charge is -2.44. The Kier molecular flexibility index (Phi) is 4.43. The first-order chi connectivity index (χ1) is 11.4. The quantitative estimate of drug-likeness (QED) is 0.903. The average Bonchev–Trinajstić information content (AvgIpc) is 2.48. The van der Waals surface area contributed by atoms with Crippen LogP contribution in [0.1, 0.15) is 22.6 Å². The van der Waals surface area contributed by atoms with Gasteiger partial charge in [-0.1, -0.05) is 60.2 Å². The Bertz CT molecular complexity index is 831. The average molecular weight is 345 g/mol. The summed E-state index contributed by atoms with van der Waals surface area (Å²) in [5.74, 6) is -1.60. The summed E-state index contributed by atoms with van der Waals surface area (Å²) in [6, 6.07) is 15.4. The smallest absolute Gasteiger partial charge is 0.322 e. The number of nitrogens with zero attached hydrogens (tertiary/aromatic N) is 1. The minimum absolute atomic E-state index is 0.182. The summed E-state index contributed by atoms with van der Waals surface area (Å²) < 4.78 is 26.3. The molecule has 0 unspecified atom stereocenters. The molecule has 1 saturated heterocycles. The van der Waals surface area contributed by atoms with E-state index in [1.807, 2.05) is 49.4 Å². The molecule has 0 aliphatic carbocycles. The van der Waals surface area contributed by atoms with E-state index in [1.165, 1.54) is 0 Å². The number of rotatable bonds is 5. The second-order valence-corrected chi connectivity index (χ2v) is 8.03. The van der Waals surface area contributed by atoms with Gasteiger partial charge in [-0.3, -0.25) is 4.79 Å². The van der Waals surface area contributed by atoms with Crippen LogP contribution in [0.2, 0.25) is 0 Å². The Morgan fingerprint density at radius 3 is 2.33 bits per heavy atom. The molecule has 1 heterocycles. The Balaban J connectivity index is 1.81. The molecule has 1 N–H and O–H groups in total. The summed E-state index contributed by atoms with van der Waals surface area (Å²) in [6.45, 7) is 2.13. The third-order valence-electron chi connectivity index (χ3n) is 4.38. The summed E-state index contributed by atoms with van der Waals surface area (Å²) in [5.41, 5.74) is 2.56. The molecule has 0 spiro atoms. The van der Waals surface area contributed by atoms with Crippen molar-refractivity contribution >= 4 is 16.0 Å². The fourth-order valence-electron chi connectivity index (χ4n) is 3.02. The maximum atomic E-state index is 12.6. The molecule has 6 heteroatoms. The first-order valence-corrected chi connectivity index (χ1v) is 9.32. The normalized spacial score (nSPS) is 21.2. The highest BCUT2D eigenvalue weighted by Gasteiger charge is 2.50. The lowest BCUT2D eigenvalue weighted by Crippen LogP contribution is -2.60. The van der Waals surface area contributed by atoms with Gasteiger partial charge in [-0.2, -0.15) is 4.31 Å². The van der Waals surface area contributed by atoms with Crippen LogP contribution in [0.15, 0.2) is 54.6 Å². The predicted octanol–water partition coefficient (Wildman–Crippen LogP) is 2.38. The zero-order valence-electron chi connectivity index (χ0n) is 13.3. The summed E-state index contributed by atoms with van der Waals surface area (Å²) >= 11 is 0. The minimum Gasteiger partial charge on any atom is -0.480 e. The molecule has 2 aromatic carbocycles. The number of hydrogen-bond donors (Lipinski definition) is 1. The van der Waals surface area contributed by atoms with Gasteiger partial charge in [-0.25, -0.2) is 8.42 Å². The highest BCUT2D eigenvalue weighted by atomic mass is 32.2. The van der Waals surface area contributed by atoms with Gasteiger partial charge in [0, 0.05) is 12.5 Å². The van der Waals surface area contributed by atoms with Gasteiger partial charge in [0.1, 0.15) is 6.04 Å². The zero-order chi connectivity index (χ0) is 17.3. The molecule has 1 aliphatic rings. The van der Waals surface area contributed by atoms with Crippen molar-refractivity contribution in [2.24, 2.45) is 0 Å². The van der Waals surface area contributed by atoms with Crippen molar-refractivity contribution in [1.29, 1.82) is 0 Å². The molecule has 0 bridgehead atoms. The number of aryl methyl sites for hydroxylation is 1. The molecule has 1 fully saturated rings. The SMILES string of the molecule is Cc1ccc(CS(=O)(=O)N2C[C@H](c3ccccc3)[C@H]2C(=O)O)cc1. The molecule has 24 heavy (non-hydrogen) atoms. The Hall–Kier alpha value is -2.18. The first-order valence-electron chi connectivity index (χ1n) is 7.71. The van der Waals surface area contributed by atoms with Gasteiger partial charge < -0.3 is 5.11 Å². The monoisotopic (exact) mass is 345 g/mol. The Morgan fingerprint density at radius 2 is 1.75 bits per heavy atom. The van der Waals surface area contributed by atoms with E-state index in [4.69, 9.17) is 0 Å². The third kappa shape index (κ3) is 3.20. The van der Waals surface area contributed by atoms with E-state index in [2.05, 4.69) is 0 Å². The van der Waals surface area contributed by atoms with Crippen LogP contribution < -0.4 is 0 Å². The van der Waals surface area contributed by atoms with Gasteiger partial charge in [0.25, 0.3) is 0 Å². The van der Waals surface area contributed by atoms with Gasteiger partial charge in [-0.05, 0) is 18.1 Å². The van der Waals surface area contributed by atoms with Crippen molar-refractivity contribution in [1.82, 2.24) is 4.31 Å². The van der Waals surface area contributed by atoms with Crippen molar-refractivity contribution in [3.05, 3.63) is 71.3 Å². The second kappa shape index (κ2) is 6.37. The first kappa shape index (κ1) is 16.7. The highest BCUT2D eigenvalue weighted by molar-refractivity contribution is 7.88. The van der Waals surface area contributed by atoms with Gasteiger partial charge in [0.05, 0.1) is 5.75 Å². The van der Waals surface area contributed by atoms with Crippen LogP contribution >= 0.6 is 0 Å². The highest BCUT2D eigenvalue weighted by Crippen LogP contribution is 2.37. The van der Waals surface area contributed by atoms with Crippen LogP contribution in [0, 0.1) is 6.92 Å². The Labute approximate surface area is 141 Å². The van der Waals surface area contributed by atoms with Crippen LogP contribution in [-0.4, -0.2) is 36.4 Å². The maximum Gasteiger partial charge on any atom is 0.322 e. The molecule has 3 rings (SSSR count). The van der Waals surface area contributed by atoms with Crippen LogP contribution in [0.4, 0.5) is 0 Å². The van der Waals surface area contributed by atoms with E-state index in [0.717, 1.165) is 15.4 Å². The van der Waals surface area contributed by atoms with Crippen LogP contribution in [0.3, 0.4) is 0 Å². The summed E-state index contributed by atoms with van der Waals surface area (Å²) in [7, 11) is -3.67. The molecule has 2 atom stereocenters. The van der Waals surface area contributed by atoms with Crippen LogP contribution in [0.25, 0.3) is 0 Å². The van der Waals surface area contributed by atoms with Crippen molar-refractivity contribution < 1.29 is 18.3 Å². The molecule has 126 valence electrons. The summed E-state index contributed by atoms with van der Waals surface area (Å²) in [4.78, 5) is 11.6. The number of carboxylic acid groups (broad SMARTS) is 1. The zero-order valence-corrected chi connectivity index (χ0v) is 14.1. The third-order valence-corrected chi connectivity index (χ3v) is 6.16. The molecule has 0 saturated carbocycles. The summed E-state index contributed by atoms with van der Waals surface area (Å²) in [5, 5.41) is 9.50. The number of hydrogen-bond acceptors (Lipinski definition) is 3. The molecule has 0 radical (unpaired) electrons. The van der Waals surface area contributed by atoms with Crippen molar-refractivity contribution in [3.63, 3.8) is 0 Å². The topological polar surface area (TPSA) is 74.7 Å².